The number of esters is 1. The Kier molecular flexibility index (Phi) is 3.72. The Morgan fingerprint density at radius 3 is 2.54 bits per heavy atom. The normalized spacial score (nSPS) is 21.1. The highest BCUT2D eigenvalue weighted by Crippen LogP contribution is 2.36. The maximum absolute atomic E-state index is 11.6. The van der Waals surface area contributed by atoms with Crippen molar-refractivity contribution < 1.29 is 14.3 Å². The predicted molar refractivity (Wildman–Crippen MR) is 49.4 cm³/mol. The molecule has 0 amide bonds. The second kappa shape index (κ2) is 4.61. The van der Waals surface area contributed by atoms with Gasteiger partial charge in [-0.1, -0.05) is 13.3 Å². The van der Waals surface area contributed by atoms with Gasteiger partial charge in [0.2, 0.25) is 0 Å². The van der Waals surface area contributed by atoms with Crippen molar-refractivity contribution in [2.24, 2.45) is 5.41 Å². The van der Waals surface area contributed by atoms with Crippen molar-refractivity contribution in [1.29, 1.82) is 0 Å². The summed E-state index contributed by atoms with van der Waals surface area (Å²) in [4.78, 5) is 11.6. The Balaban J connectivity index is 2.66. The number of ether oxygens (including phenoxy) is 2. The summed E-state index contributed by atoms with van der Waals surface area (Å²) in [5.74, 6) is -0.0577. The van der Waals surface area contributed by atoms with Crippen LogP contribution in [-0.4, -0.2) is 26.3 Å². The molecule has 1 aliphatic rings. The molecule has 13 heavy (non-hydrogen) atoms. The molecule has 0 spiro atoms. The number of carbonyl (C=O) groups excluding carboxylic acids is 1. The highest BCUT2D eigenvalue weighted by atomic mass is 16.5. The van der Waals surface area contributed by atoms with Gasteiger partial charge in [0.1, 0.15) is 0 Å². The summed E-state index contributed by atoms with van der Waals surface area (Å²) in [6, 6.07) is 0. The van der Waals surface area contributed by atoms with Gasteiger partial charge in [0.15, 0.2) is 0 Å². The van der Waals surface area contributed by atoms with Crippen LogP contribution < -0.4 is 0 Å². The zero-order chi connectivity index (χ0) is 9.73. The van der Waals surface area contributed by atoms with E-state index in [1.54, 1.807) is 0 Å². The summed E-state index contributed by atoms with van der Waals surface area (Å²) >= 11 is 0. The lowest BCUT2D eigenvalue weighted by Crippen LogP contribution is -2.38. The van der Waals surface area contributed by atoms with Crippen LogP contribution in [0.1, 0.15) is 32.6 Å². The molecule has 0 unspecified atom stereocenters. The van der Waals surface area contributed by atoms with Crippen LogP contribution in [0, 0.1) is 5.41 Å². The lowest BCUT2D eigenvalue weighted by molar-refractivity contribution is -0.159. The Bertz CT molecular complexity index is 165. The Morgan fingerprint density at radius 1 is 1.46 bits per heavy atom. The maximum Gasteiger partial charge on any atom is 0.311 e. The summed E-state index contributed by atoms with van der Waals surface area (Å²) in [6.07, 6.45) is 3.57. The zero-order valence-corrected chi connectivity index (χ0v) is 8.47. The molecule has 0 aromatic rings. The zero-order valence-electron chi connectivity index (χ0n) is 8.47. The maximum atomic E-state index is 11.6. The van der Waals surface area contributed by atoms with Crippen LogP contribution in [0.5, 0.6) is 0 Å². The van der Waals surface area contributed by atoms with E-state index >= 15 is 0 Å². The minimum atomic E-state index is -0.248. The fraction of sp³-hybridized carbons (Fsp3) is 0.900. The van der Waals surface area contributed by atoms with Crippen LogP contribution >= 0.6 is 0 Å². The first-order chi connectivity index (χ1) is 6.25. The molecule has 0 aromatic heterocycles. The molecule has 3 nitrogen and oxygen atoms in total. The Hall–Kier alpha value is -0.570. The SMILES string of the molecule is CCCC1(C(=O)OC)CCOCC1. The monoisotopic (exact) mass is 186 g/mol. The van der Waals surface area contributed by atoms with E-state index in [9.17, 15) is 4.79 Å². The van der Waals surface area contributed by atoms with Crippen LogP contribution in [0.25, 0.3) is 0 Å². The molecular formula is C10H18O3. The number of methoxy groups -OCH3 is 1. The van der Waals surface area contributed by atoms with Crippen molar-refractivity contribution >= 4 is 5.97 Å². The molecule has 1 rings (SSSR count). The molecule has 0 aromatic carbocycles. The van der Waals surface area contributed by atoms with Gasteiger partial charge in [-0.2, -0.15) is 0 Å². The molecule has 0 atom stereocenters. The van der Waals surface area contributed by atoms with Crippen molar-refractivity contribution in [1.82, 2.24) is 0 Å². The van der Waals surface area contributed by atoms with Crippen molar-refractivity contribution in [3.63, 3.8) is 0 Å². The summed E-state index contributed by atoms with van der Waals surface area (Å²) in [6.45, 7) is 3.48. The first kappa shape index (κ1) is 10.5. The first-order valence-electron chi connectivity index (χ1n) is 4.91. The van der Waals surface area contributed by atoms with Gasteiger partial charge in [-0.3, -0.25) is 4.79 Å². The highest BCUT2D eigenvalue weighted by Gasteiger charge is 2.39. The third-order valence-corrected chi connectivity index (χ3v) is 2.80. The van der Waals surface area contributed by atoms with E-state index < -0.39 is 0 Å². The second-order valence-corrected chi connectivity index (χ2v) is 3.63. The minimum Gasteiger partial charge on any atom is -0.469 e. The molecule has 0 radical (unpaired) electrons. The van der Waals surface area contributed by atoms with Gasteiger partial charge in [-0.05, 0) is 19.3 Å². The van der Waals surface area contributed by atoms with Gasteiger partial charge in [-0.15, -0.1) is 0 Å². The average Bonchev–Trinajstić information content (AvgIpc) is 2.18. The van der Waals surface area contributed by atoms with E-state index in [0.29, 0.717) is 13.2 Å². The topological polar surface area (TPSA) is 35.5 Å². The fourth-order valence-electron chi connectivity index (χ4n) is 2.01. The highest BCUT2D eigenvalue weighted by molar-refractivity contribution is 5.76. The Labute approximate surface area is 79.4 Å². The molecule has 76 valence electrons. The summed E-state index contributed by atoms with van der Waals surface area (Å²) in [5.41, 5.74) is -0.248. The van der Waals surface area contributed by atoms with Gasteiger partial charge in [0, 0.05) is 13.2 Å². The quantitative estimate of drug-likeness (QED) is 0.630. The third kappa shape index (κ3) is 2.21. The van der Waals surface area contributed by atoms with Gasteiger partial charge in [-0.25, -0.2) is 0 Å². The van der Waals surface area contributed by atoms with Crippen molar-refractivity contribution in [3.8, 4) is 0 Å². The van der Waals surface area contributed by atoms with Gasteiger partial charge >= 0.3 is 5.97 Å². The number of rotatable bonds is 3. The molecular weight excluding hydrogens is 168 g/mol. The molecule has 0 saturated carbocycles. The van der Waals surface area contributed by atoms with Gasteiger partial charge < -0.3 is 9.47 Å². The van der Waals surface area contributed by atoms with E-state index in [0.717, 1.165) is 25.7 Å². The molecule has 0 N–H and O–H groups in total. The van der Waals surface area contributed by atoms with Gasteiger partial charge in [0.25, 0.3) is 0 Å². The summed E-state index contributed by atoms with van der Waals surface area (Å²) < 4.78 is 10.1. The smallest absolute Gasteiger partial charge is 0.311 e. The number of hydrogen-bond acceptors (Lipinski definition) is 3. The molecule has 1 fully saturated rings. The number of carbonyl (C=O) groups is 1. The van der Waals surface area contributed by atoms with Crippen LogP contribution in [0.3, 0.4) is 0 Å². The molecule has 1 aliphatic heterocycles. The molecule has 3 heteroatoms. The fourth-order valence-corrected chi connectivity index (χ4v) is 2.01. The molecule has 1 saturated heterocycles. The van der Waals surface area contributed by atoms with E-state index in [1.807, 2.05) is 0 Å². The third-order valence-electron chi connectivity index (χ3n) is 2.80. The molecule has 0 bridgehead atoms. The van der Waals surface area contributed by atoms with Crippen LogP contribution in [0.4, 0.5) is 0 Å². The van der Waals surface area contributed by atoms with Crippen LogP contribution in [-0.2, 0) is 14.3 Å². The lowest BCUT2D eigenvalue weighted by atomic mass is 9.76. The first-order valence-corrected chi connectivity index (χ1v) is 4.91. The minimum absolute atomic E-state index is 0.0577. The lowest BCUT2D eigenvalue weighted by Gasteiger charge is -2.34. The largest absolute Gasteiger partial charge is 0.469 e. The van der Waals surface area contributed by atoms with Crippen molar-refractivity contribution in [2.45, 2.75) is 32.6 Å². The standard InChI is InChI=1S/C10H18O3/c1-3-4-10(9(11)12-2)5-7-13-8-6-10/h3-8H2,1-2H3. The van der Waals surface area contributed by atoms with Crippen LogP contribution in [0.15, 0.2) is 0 Å². The van der Waals surface area contributed by atoms with E-state index in [-0.39, 0.29) is 11.4 Å². The second-order valence-electron chi connectivity index (χ2n) is 3.63. The van der Waals surface area contributed by atoms with E-state index in [4.69, 9.17) is 9.47 Å². The van der Waals surface area contributed by atoms with Gasteiger partial charge in [0.05, 0.1) is 12.5 Å². The summed E-state index contributed by atoms with van der Waals surface area (Å²) in [5, 5.41) is 0. The average molecular weight is 186 g/mol. The summed E-state index contributed by atoms with van der Waals surface area (Å²) in [7, 11) is 1.47. The van der Waals surface area contributed by atoms with Crippen LogP contribution in [0.2, 0.25) is 0 Å². The number of hydrogen-bond donors (Lipinski definition) is 0. The van der Waals surface area contributed by atoms with Crippen molar-refractivity contribution in [3.05, 3.63) is 0 Å². The predicted octanol–water partition coefficient (Wildman–Crippen LogP) is 1.76. The van der Waals surface area contributed by atoms with Crippen molar-refractivity contribution in [2.75, 3.05) is 20.3 Å². The van der Waals surface area contributed by atoms with E-state index in [1.165, 1.54) is 7.11 Å². The Morgan fingerprint density at radius 2 is 2.08 bits per heavy atom. The molecule has 0 aliphatic carbocycles. The molecule has 1 heterocycles. The van der Waals surface area contributed by atoms with E-state index in [2.05, 4.69) is 6.92 Å².